The zero-order valence-electron chi connectivity index (χ0n) is 20.0. The van der Waals surface area contributed by atoms with Crippen molar-refractivity contribution in [1.82, 2.24) is 20.1 Å². The summed E-state index contributed by atoms with van der Waals surface area (Å²) in [5.74, 6) is 1.14. The SMILES string of the molecule is COc1ccc2nccc(CCC[C@@H]3CCN(CCCSc4cn[nH]c4C)C[C@@H]3C(=O)O)c2c1. The molecule has 0 unspecified atom stereocenters. The van der Waals surface area contributed by atoms with Gasteiger partial charge in [-0.1, -0.05) is 0 Å². The minimum absolute atomic E-state index is 0.236. The van der Waals surface area contributed by atoms with Crippen molar-refractivity contribution in [3.05, 3.63) is 47.9 Å². The Labute approximate surface area is 205 Å². The van der Waals surface area contributed by atoms with Crippen molar-refractivity contribution in [2.45, 2.75) is 43.9 Å². The second-order valence-electron chi connectivity index (χ2n) is 9.10. The average molecular weight is 483 g/mol. The van der Waals surface area contributed by atoms with Crippen molar-refractivity contribution in [3.63, 3.8) is 0 Å². The zero-order chi connectivity index (χ0) is 23.9. The minimum Gasteiger partial charge on any atom is -0.497 e. The number of aromatic nitrogens is 3. The predicted octanol–water partition coefficient (Wildman–Crippen LogP) is 4.80. The lowest BCUT2D eigenvalue weighted by molar-refractivity contribution is -0.146. The van der Waals surface area contributed by atoms with Crippen LogP contribution in [0.5, 0.6) is 5.75 Å². The summed E-state index contributed by atoms with van der Waals surface area (Å²) in [6.07, 6.45) is 8.57. The van der Waals surface area contributed by atoms with E-state index in [1.807, 2.05) is 49.3 Å². The molecular formula is C26H34N4O3S. The van der Waals surface area contributed by atoms with Crippen LogP contribution in [-0.4, -0.2) is 63.7 Å². The van der Waals surface area contributed by atoms with Gasteiger partial charge in [-0.25, -0.2) is 0 Å². The molecule has 0 bridgehead atoms. The van der Waals surface area contributed by atoms with Crippen LogP contribution < -0.4 is 4.74 Å². The molecule has 1 fully saturated rings. The first-order valence-corrected chi connectivity index (χ1v) is 13.0. The van der Waals surface area contributed by atoms with Crippen LogP contribution in [0.4, 0.5) is 0 Å². The van der Waals surface area contributed by atoms with E-state index in [1.54, 1.807) is 7.11 Å². The van der Waals surface area contributed by atoms with E-state index >= 15 is 0 Å². The molecule has 0 spiro atoms. The summed E-state index contributed by atoms with van der Waals surface area (Å²) in [5, 5.41) is 18.1. The van der Waals surface area contributed by atoms with Gasteiger partial charge in [-0.3, -0.25) is 14.9 Å². The highest BCUT2D eigenvalue weighted by Gasteiger charge is 2.33. The van der Waals surface area contributed by atoms with Gasteiger partial charge >= 0.3 is 5.97 Å². The number of carboxylic acids is 1. The minimum atomic E-state index is -0.655. The Balaban J connectivity index is 1.26. The lowest BCUT2D eigenvalue weighted by Crippen LogP contribution is -2.44. The number of hydrogen-bond acceptors (Lipinski definition) is 6. The molecule has 1 saturated heterocycles. The molecule has 7 nitrogen and oxygen atoms in total. The van der Waals surface area contributed by atoms with Crippen LogP contribution in [-0.2, 0) is 11.2 Å². The molecule has 34 heavy (non-hydrogen) atoms. The first-order chi connectivity index (χ1) is 16.5. The van der Waals surface area contributed by atoms with Crippen molar-refractivity contribution in [3.8, 4) is 5.75 Å². The maximum Gasteiger partial charge on any atom is 0.308 e. The maximum atomic E-state index is 12.0. The van der Waals surface area contributed by atoms with Gasteiger partial charge in [-0.05, 0) is 93.6 Å². The second kappa shape index (κ2) is 11.7. The fraction of sp³-hybridized carbons (Fsp3) is 0.500. The van der Waals surface area contributed by atoms with E-state index in [-0.39, 0.29) is 11.8 Å². The number of aromatic amines is 1. The van der Waals surface area contributed by atoms with Crippen molar-refractivity contribution in [1.29, 1.82) is 0 Å². The summed E-state index contributed by atoms with van der Waals surface area (Å²) >= 11 is 1.81. The number of nitrogens with zero attached hydrogens (tertiary/aromatic N) is 3. The topological polar surface area (TPSA) is 91.3 Å². The Morgan fingerprint density at radius 3 is 2.97 bits per heavy atom. The van der Waals surface area contributed by atoms with E-state index in [9.17, 15) is 9.90 Å². The summed E-state index contributed by atoms with van der Waals surface area (Å²) in [7, 11) is 1.68. The highest BCUT2D eigenvalue weighted by Crippen LogP contribution is 2.30. The smallest absolute Gasteiger partial charge is 0.308 e. The molecule has 1 aromatic carbocycles. The summed E-state index contributed by atoms with van der Waals surface area (Å²) in [4.78, 5) is 20.0. The number of fused-ring (bicyclic) bond motifs is 1. The molecule has 2 N–H and O–H groups in total. The number of H-pyrrole nitrogens is 1. The number of carboxylic acid groups (broad SMARTS) is 1. The molecule has 0 amide bonds. The number of likely N-dealkylation sites (tertiary alicyclic amines) is 1. The number of thioether (sulfide) groups is 1. The van der Waals surface area contributed by atoms with Gasteiger partial charge in [0.2, 0.25) is 0 Å². The van der Waals surface area contributed by atoms with Crippen molar-refractivity contribution in [2.75, 3.05) is 32.5 Å². The zero-order valence-corrected chi connectivity index (χ0v) is 20.8. The molecule has 182 valence electrons. The Hall–Kier alpha value is -2.58. The van der Waals surface area contributed by atoms with E-state index in [1.165, 1.54) is 10.5 Å². The average Bonchev–Trinajstić information content (AvgIpc) is 3.26. The standard InChI is InChI=1S/C26H34N4O3S/c1-18-25(16-28-29-18)34-14-4-12-30-13-10-20(23(17-30)26(31)32)6-3-5-19-9-11-27-24-8-7-21(33-2)15-22(19)24/h7-9,11,15-16,20,23H,3-6,10,12-14,17H2,1-2H3,(H,28,29)(H,31,32)/t20-,23+/m1/s1. The summed E-state index contributed by atoms with van der Waals surface area (Å²) in [6, 6.07) is 8.04. The van der Waals surface area contributed by atoms with Crippen LogP contribution in [0.3, 0.4) is 0 Å². The van der Waals surface area contributed by atoms with Gasteiger partial charge in [-0.15, -0.1) is 11.8 Å². The number of nitrogens with one attached hydrogen (secondary N) is 1. The van der Waals surface area contributed by atoms with Crippen LogP contribution in [0, 0.1) is 18.8 Å². The Morgan fingerprint density at radius 1 is 1.32 bits per heavy atom. The largest absolute Gasteiger partial charge is 0.497 e. The number of ether oxygens (including phenoxy) is 1. The highest BCUT2D eigenvalue weighted by atomic mass is 32.2. The normalized spacial score (nSPS) is 18.9. The first-order valence-electron chi connectivity index (χ1n) is 12.0. The van der Waals surface area contributed by atoms with Crippen LogP contribution >= 0.6 is 11.8 Å². The lowest BCUT2D eigenvalue weighted by atomic mass is 9.81. The second-order valence-corrected chi connectivity index (χ2v) is 10.2. The van der Waals surface area contributed by atoms with E-state index in [0.29, 0.717) is 6.54 Å². The van der Waals surface area contributed by atoms with Crippen LogP contribution in [0.2, 0.25) is 0 Å². The molecule has 0 aliphatic carbocycles. The molecule has 2 atom stereocenters. The maximum absolute atomic E-state index is 12.0. The third-order valence-electron chi connectivity index (χ3n) is 6.88. The fourth-order valence-electron chi connectivity index (χ4n) is 4.93. The van der Waals surface area contributed by atoms with E-state index in [4.69, 9.17) is 4.74 Å². The van der Waals surface area contributed by atoms with Gasteiger partial charge in [0.05, 0.1) is 24.7 Å². The molecule has 1 aliphatic heterocycles. The van der Waals surface area contributed by atoms with Crippen molar-refractivity contribution >= 4 is 28.6 Å². The Morgan fingerprint density at radius 2 is 2.21 bits per heavy atom. The van der Waals surface area contributed by atoms with Gasteiger partial charge in [0.25, 0.3) is 0 Å². The number of rotatable bonds is 11. The van der Waals surface area contributed by atoms with Crippen molar-refractivity contribution in [2.24, 2.45) is 11.8 Å². The monoisotopic (exact) mass is 482 g/mol. The Kier molecular flexibility index (Phi) is 8.45. The van der Waals surface area contributed by atoms with Gasteiger partial charge in [0, 0.05) is 28.7 Å². The third-order valence-corrected chi connectivity index (χ3v) is 8.09. The molecule has 0 saturated carbocycles. The van der Waals surface area contributed by atoms with Crippen LogP contribution in [0.15, 0.2) is 41.6 Å². The number of benzene rings is 1. The number of hydrogen-bond donors (Lipinski definition) is 2. The summed E-state index contributed by atoms with van der Waals surface area (Å²) < 4.78 is 5.38. The molecule has 3 aromatic rings. The number of methoxy groups -OCH3 is 1. The van der Waals surface area contributed by atoms with E-state index < -0.39 is 5.97 Å². The molecule has 0 radical (unpaired) electrons. The summed E-state index contributed by atoms with van der Waals surface area (Å²) in [5.41, 5.74) is 3.32. The third kappa shape index (κ3) is 6.10. The van der Waals surface area contributed by atoms with Crippen LogP contribution in [0.1, 0.15) is 36.9 Å². The molecular weight excluding hydrogens is 448 g/mol. The Bertz CT molecular complexity index is 1100. The van der Waals surface area contributed by atoms with Gasteiger partial charge in [0.1, 0.15) is 5.75 Å². The molecule has 8 heteroatoms. The van der Waals surface area contributed by atoms with Gasteiger partial charge in [-0.2, -0.15) is 5.10 Å². The molecule has 4 rings (SSSR count). The molecule has 1 aliphatic rings. The summed E-state index contributed by atoms with van der Waals surface area (Å²) in [6.45, 7) is 4.63. The van der Waals surface area contributed by atoms with Crippen LogP contribution in [0.25, 0.3) is 10.9 Å². The van der Waals surface area contributed by atoms with Gasteiger partial charge < -0.3 is 14.7 Å². The first kappa shape index (κ1) is 24.5. The number of aliphatic carboxylic acids is 1. The number of carbonyl (C=O) groups is 1. The quantitative estimate of drug-likeness (QED) is 0.299. The number of pyridine rings is 1. The van der Waals surface area contributed by atoms with Gasteiger partial charge in [0.15, 0.2) is 0 Å². The predicted molar refractivity (Wildman–Crippen MR) is 136 cm³/mol. The highest BCUT2D eigenvalue weighted by molar-refractivity contribution is 7.99. The van der Waals surface area contributed by atoms with Crippen molar-refractivity contribution < 1.29 is 14.6 Å². The lowest BCUT2D eigenvalue weighted by Gasteiger charge is -2.36. The molecule has 2 aromatic heterocycles. The van der Waals surface area contributed by atoms with E-state index in [0.717, 1.165) is 73.3 Å². The number of piperidine rings is 1. The fourth-order valence-corrected chi connectivity index (χ4v) is 5.82. The number of aryl methyl sites for hydroxylation is 2. The van der Waals surface area contributed by atoms with E-state index in [2.05, 4.69) is 26.1 Å². The molecule has 3 heterocycles.